The van der Waals surface area contributed by atoms with Gasteiger partial charge in [-0.15, -0.1) is 0 Å². The highest BCUT2D eigenvalue weighted by Gasteiger charge is 2.22. The number of halogens is 3. The van der Waals surface area contributed by atoms with E-state index in [-0.39, 0.29) is 38.5 Å². The molecule has 3 N–H and O–H groups in total. The quantitative estimate of drug-likeness (QED) is 0.462. The van der Waals surface area contributed by atoms with Gasteiger partial charge >= 0.3 is 5.97 Å². The van der Waals surface area contributed by atoms with Crippen molar-refractivity contribution in [3.63, 3.8) is 0 Å². The van der Waals surface area contributed by atoms with Crippen molar-refractivity contribution >= 4 is 52.4 Å². The first-order valence-electron chi connectivity index (χ1n) is 7.66. The fourth-order valence-electron chi connectivity index (χ4n) is 2.56. The Labute approximate surface area is 155 Å². The second-order valence-corrected chi connectivity index (χ2v) is 6.74. The van der Waals surface area contributed by atoms with Crippen molar-refractivity contribution in [2.24, 2.45) is 0 Å². The lowest BCUT2D eigenvalue weighted by atomic mass is 10.1. The smallest absolute Gasteiger partial charge is 0.359 e. The maximum Gasteiger partial charge on any atom is 0.359 e. The van der Waals surface area contributed by atoms with Crippen LogP contribution in [0.3, 0.4) is 0 Å². The van der Waals surface area contributed by atoms with Crippen molar-refractivity contribution in [3.05, 3.63) is 20.9 Å². The van der Waals surface area contributed by atoms with E-state index in [1.807, 2.05) is 0 Å². The number of rotatable bonds is 4. The van der Waals surface area contributed by atoms with Gasteiger partial charge in [0.15, 0.2) is 17.5 Å². The predicted octanol–water partition coefficient (Wildman–Crippen LogP) is 3.62. The Hall–Kier alpha value is -1.24. The van der Waals surface area contributed by atoms with Crippen LogP contribution in [0, 0.1) is 0 Å². The highest BCUT2D eigenvalue weighted by Crippen LogP contribution is 2.34. The van der Waals surface area contributed by atoms with Gasteiger partial charge in [-0.1, -0.05) is 60.5 Å². The summed E-state index contributed by atoms with van der Waals surface area (Å²) in [6, 6.07) is 0.126. The molecule has 1 aliphatic carbocycles. The molecule has 0 aromatic carbocycles. The van der Waals surface area contributed by atoms with Crippen LogP contribution in [0.4, 0.5) is 5.69 Å². The third-order valence-corrected chi connectivity index (χ3v) is 4.96. The van der Waals surface area contributed by atoms with Crippen molar-refractivity contribution in [2.75, 3.05) is 12.3 Å². The van der Waals surface area contributed by atoms with E-state index in [0.717, 1.165) is 25.7 Å². The van der Waals surface area contributed by atoms with Crippen LogP contribution in [0.2, 0.25) is 15.2 Å². The molecule has 6 nitrogen and oxygen atoms in total. The van der Waals surface area contributed by atoms with Crippen molar-refractivity contribution in [1.29, 1.82) is 0 Å². The lowest BCUT2D eigenvalue weighted by Crippen LogP contribution is -2.37. The summed E-state index contributed by atoms with van der Waals surface area (Å²) in [6.07, 6.45) is 6.43. The van der Waals surface area contributed by atoms with Crippen LogP contribution in [0.15, 0.2) is 0 Å². The molecular weight excluding hydrogens is 377 g/mol. The van der Waals surface area contributed by atoms with Gasteiger partial charge in [0, 0.05) is 6.04 Å². The van der Waals surface area contributed by atoms with E-state index in [4.69, 9.17) is 45.3 Å². The number of ether oxygens (including phenoxy) is 1. The molecule has 1 amide bonds. The molecule has 2 rings (SSSR count). The summed E-state index contributed by atoms with van der Waals surface area (Å²) in [5.74, 6) is -1.25. The molecule has 1 fully saturated rings. The monoisotopic (exact) mass is 393 g/mol. The van der Waals surface area contributed by atoms with Gasteiger partial charge < -0.3 is 15.8 Å². The minimum Gasteiger partial charge on any atom is -0.451 e. The third-order valence-electron chi connectivity index (χ3n) is 3.82. The van der Waals surface area contributed by atoms with E-state index >= 15 is 0 Å². The molecule has 1 heterocycles. The van der Waals surface area contributed by atoms with E-state index in [1.54, 1.807) is 0 Å². The Balaban J connectivity index is 1.92. The zero-order valence-electron chi connectivity index (χ0n) is 12.9. The molecular formula is C15H18Cl3N3O3. The molecule has 1 aromatic rings. The summed E-state index contributed by atoms with van der Waals surface area (Å²) in [5.41, 5.74) is 5.31. The Kier molecular flexibility index (Phi) is 6.95. The van der Waals surface area contributed by atoms with Crippen LogP contribution in [-0.2, 0) is 9.53 Å². The van der Waals surface area contributed by atoms with Gasteiger partial charge in [-0.05, 0) is 12.8 Å². The molecule has 0 radical (unpaired) electrons. The highest BCUT2D eigenvalue weighted by molar-refractivity contribution is 6.46. The number of hydrogen-bond donors (Lipinski definition) is 2. The third kappa shape index (κ3) is 4.88. The number of anilines is 1. The van der Waals surface area contributed by atoms with Crippen LogP contribution in [0.1, 0.15) is 49.0 Å². The summed E-state index contributed by atoms with van der Waals surface area (Å²) in [5, 5.41) is 2.52. The lowest BCUT2D eigenvalue weighted by molar-refractivity contribution is -0.125. The maximum atomic E-state index is 12.0. The maximum absolute atomic E-state index is 12.0. The van der Waals surface area contributed by atoms with E-state index in [0.29, 0.717) is 0 Å². The van der Waals surface area contributed by atoms with Gasteiger partial charge in [-0.25, -0.2) is 9.78 Å². The number of hydrogen-bond acceptors (Lipinski definition) is 5. The van der Waals surface area contributed by atoms with Gasteiger partial charge in [-0.2, -0.15) is 0 Å². The summed E-state index contributed by atoms with van der Waals surface area (Å²) < 4.78 is 4.94. The molecule has 0 aliphatic heterocycles. The molecule has 9 heteroatoms. The zero-order chi connectivity index (χ0) is 17.7. The highest BCUT2D eigenvalue weighted by atomic mass is 35.5. The standard InChI is InChI=1S/C15H18Cl3N3O3/c16-10-12(19)11(17)14(18)21-13(10)15(23)24-7-9(22)20-8-5-3-1-2-4-6-8/h8H,1-7H2,(H2,19,21)(H,20,22). The van der Waals surface area contributed by atoms with Crippen molar-refractivity contribution in [2.45, 2.75) is 44.6 Å². The molecule has 0 spiro atoms. The van der Waals surface area contributed by atoms with Gasteiger partial charge in [0.05, 0.1) is 10.7 Å². The topological polar surface area (TPSA) is 94.3 Å². The summed E-state index contributed by atoms with van der Waals surface area (Å²) in [4.78, 5) is 27.7. The van der Waals surface area contributed by atoms with Crippen LogP contribution in [0.5, 0.6) is 0 Å². The average molecular weight is 395 g/mol. The number of pyridine rings is 1. The average Bonchev–Trinajstić information content (AvgIpc) is 2.82. The molecule has 0 saturated heterocycles. The summed E-state index contributed by atoms with van der Waals surface area (Å²) in [6.45, 7) is -0.423. The molecule has 1 aliphatic rings. The Morgan fingerprint density at radius 1 is 1.12 bits per heavy atom. The molecule has 24 heavy (non-hydrogen) atoms. The molecule has 1 saturated carbocycles. The van der Waals surface area contributed by atoms with E-state index in [9.17, 15) is 9.59 Å². The molecule has 0 atom stereocenters. The molecule has 132 valence electrons. The number of esters is 1. The lowest BCUT2D eigenvalue weighted by Gasteiger charge is -2.16. The number of amides is 1. The summed E-state index contributed by atoms with van der Waals surface area (Å²) in [7, 11) is 0. The van der Waals surface area contributed by atoms with E-state index in [2.05, 4.69) is 10.3 Å². The first-order valence-corrected chi connectivity index (χ1v) is 8.80. The van der Waals surface area contributed by atoms with E-state index < -0.39 is 12.6 Å². The minimum atomic E-state index is -0.888. The second-order valence-electron chi connectivity index (χ2n) is 5.62. The molecule has 0 bridgehead atoms. The number of carbonyl (C=O) groups excluding carboxylic acids is 2. The number of nitrogen functional groups attached to an aromatic ring is 1. The molecule has 1 aromatic heterocycles. The number of aromatic nitrogens is 1. The van der Waals surface area contributed by atoms with Gasteiger partial charge in [-0.3, -0.25) is 4.79 Å². The van der Waals surface area contributed by atoms with Gasteiger partial charge in [0.2, 0.25) is 0 Å². The van der Waals surface area contributed by atoms with Gasteiger partial charge in [0.1, 0.15) is 5.02 Å². The summed E-state index contributed by atoms with van der Waals surface area (Å²) >= 11 is 17.5. The van der Waals surface area contributed by atoms with Crippen molar-refractivity contribution in [3.8, 4) is 0 Å². The van der Waals surface area contributed by atoms with Gasteiger partial charge in [0.25, 0.3) is 5.91 Å². The largest absolute Gasteiger partial charge is 0.451 e. The Morgan fingerprint density at radius 3 is 2.38 bits per heavy atom. The number of nitrogens with two attached hydrogens (primary N) is 1. The Bertz CT molecular complexity index is 632. The number of carbonyl (C=O) groups is 2. The Morgan fingerprint density at radius 2 is 1.75 bits per heavy atom. The minimum absolute atomic E-state index is 0.0377. The first-order chi connectivity index (χ1) is 11.4. The number of nitrogens with zero attached hydrogens (tertiary/aromatic N) is 1. The van der Waals surface area contributed by atoms with Crippen LogP contribution in [-0.4, -0.2) is 29.5 Å². The van der Waals surface area contributed by atoms with Crippen molar-refractivity contribution in [1.82, 2.24) is 10.3 Å². The predicted molar refractivity (Wildman–Crippen MR) is 93.6 cm³/mol. The number of nitrogens with one attached hydrogen (secondary N) is 1. The van der Waals surface area contributed by atoms with Crippen LogP contribution >= 0.6 is 34.8 Å². The molecule has 0 unspecified atom stereocenters. The SMILES string of the molecule is Nc1c(Cl)c(Cl)nc(C(=O)OCC(=O)NC2CCCCCC2)c1Cl. The van der Waals surface area contributed by atoms with E-state index in [1.165, 1.54) is 12.8 Å². The fraction of sp³-hybridized carbons (Fsp3) is 0.533. The fourth-order valence-corrected chi connectivity index (χ4v) is 3.14. The van der Waals surface area contributed by atoms with Crippen molar-refractivity contribution < 1.29 is 14.3 Å². The normalized spacial score (nSPS) is 15.6. The van der Waals surface area contributed by atoms with Crippen LogP contribution < -0.4 is 11.1 Å². The first kappa shape index (κ1) is 19.1. The zero-order valence-corrected chi connectivity index (χ0v) is 15.2. The second kappa shape index (κ2) is 8.74. The van der Waals surface area contributed by atoms with Crippen LogP contribution in [0.25, 0.3) is 0 Å².